The molecule has 1 aliphatic rings. The van der Waals surface area contributed by atoms with Gasteiger partial charge in [0.2, 0.25) is 0 Å². The molecule has 1 atom stereocenters. The van der Waals surface area contributed by atoms with Crippen LogP contribution in [-0.4, -0.2) is 14.7 Å². The maximum Gasteiger partial charge on any atom is 0.123 e. The first-order valence-corrected chi connectivity index (χ1v) is 6.79. The van der Waals surface area contributed by atoms with Crippen LogP contribution in [0.4, 0.5) is 4.39 Å². The molecule has 0 amide bonds. The second-order valence-corrected chi connectivity index (χ2v) is 5.23. The number of imidazole rings is 1. The quantitative estimate of drug-likeness (QED) is 0.612. The van der Waals surface area contributed by atoms with Gasteiger partial charge in [-0.05, 0) is 28.8 Å². The summed E-state index contributed by atoms with van der Waals surface area (Å²) in [4.78, 5) is 4.20. The standard InChI is InChI=1S/C17H13FN2O/c18-13-6-11(9-21)5-12(7-13)17-15-4-2-1-3-14(15)16-8-19-10-20(16)17/h1-8,10,17,21H,9H2/t17-/m0/s1. The summed E-state index contributed by atoms with van der Waals surface area (Å²) in [7, 11) is 0. The van der Waals surface area contributed by atoms with Gasteiger partial charge in [-0.2, -0.15) is 0 Å². The predicted octanol–water partition coefficient (Wildman–Crippen LogP) is 3.13. The number of rotatable bonds is 2. The summed E-state index contributed by atoms with van der Waals surface area (Å²) in [5, 5.41) is 9.29. The predicted molar refractivity (Wildman–Crippen MR) is 77.2 cm³/mol. The van der Waals surface area contributed by atoms with Gasteiger partial charge in [0, 0.05) is 5.56 Å². The van der Waals surface area contributed by atoms with E-state index in [1.54, 1.807) is 6.33 Å². The van der Waals surface area contributed by atoms with Crippen LogP contribution < -0.4 is 0 Å². The Morgan fingerprint density at radius 2 is 2.05 bits per heavy atom. The molecule has 4 rings (SSSR count). The summed E-state index contributed by atoms with van der Waals surface area (Å²) >= 11 is 0. The van der Waals surface area contributed by atoms with E-state index in [1.165, 1.54) is 12.1 Å². The normalized spacial score (nSPS) is 15.8. The molecule has 0 saturated heterocycles. The van der Waals surface area contributed by atoms with Crippen molar-refractivity contribution in [1.82, 2.24) is 9.55 Å². The summed E-state index contributed by atoms with van der Waals surface area (Å²) < 4.78 is 15.9. The first kappa shape index (κ1) is 12.3. The molecule has 4 heteroatoms. The largest absolute Gasteiger partial charge is 0.392 e. The summed E-state index contributed by atoms with van der Waals surface area (Å²) in [6.45, 7) is -0.171. The highest BCUT2D eigenvalue weighted by atomic mass is 19.1. The van der Waals surface area contributed by atoms with Crippen LogP contribution in [0.15, 0.2) is 55.0 Å². The fraction of sp³-hybridized carbons (Fsp3) is 0.118. The molecule has 1 aliphatic heterocycles. The van der Waals surface area contributed by atoms with Crippen molar-refractivity contribution in [2.45, 2.75) is 12.6 Å². The second kappa shape index (κ2) is 4.53. The molecule has 0 radical (unpaired) electrons. The Bertz CT molecular complexity index is 825. The summed E-state index contributed by atoms with van der Waals surface area (Å²) in [5.74, 6) is -0.331. The maximum atomic E-state index is 13.8. The van der Waals surface area contributed by atoms with Gasteiger partial charge in [-0.15, -0.1) is 0 Å². The van der Waals surface area contributed by atoms with Gasteiger partial charge in [0.05, 0.1) is 30.9 Å². The third kappa shape index (κ3) is 1.80. The molecule has 3 aromatic rings. The van der Waals surface area contributed by atoms with Crippen molar-refractivity contribution < 1.29 is 9.50 Å². The first-order chi connectivity index (χ1) is 10.3. The Balaban J connectivity index is 1.95. The third-order valence-corrected chi connectivity index (χ3v) is 3.95. The molecule has 2 heterocycles. The number of fused-ring (bicyclic) bond motifs is 3. The molecule has 3 nitrogen and oxygen atoms in total. The fourth-order valence-corrected chi connectivity index (χ4v) is 3.10. The van der Waals surface area contributed by atoms with Crippen LogP contribution in [0.3, 0.4) is 0 Å². The number of aliphatic hydroxyl groups is 1. The van der Waals surface area contributed by atoms with Gasteiger partial charge >= 0.3 is 0 Å². The molecule has 1 N–H and O–H groups in total. The Kier molecular flexibility index (Phi) is 2.65. The maximum absolute atomic E-state index is 13.8. The van der Waals surface area contributed by atoms with E-state index in [1.807, 2.05) is 29.0 Å². The molecule has 1 aromatic heterocycles. The van der Waals surface area contributed by atoms with E-state index in [4.69, 9.17) is 0 Å². The van der Waals surface area contributed by atoms with Crippen LogP contribution >= 0.6 is 0 Å². The van der Waals surface area contributed by atoms with Gasteiger partial charge in [0.15, 0.2) is 0 Å². The number of nitrogens with zero attached hydrogens (tertiary/aromatic N) is 2. The van der Waals surface area contributed by atoms with Crippen LogP contribution in [-0.2, 0) is 6.61 Å². The van der Waals surface area contributed by atoms with Crippen LogP contribution in [0.5, 0.6) is 0 Å². The lowest BCUT2D eigenvalue weighted by Crippen LogP contribution is -2.07. The van der Waals surface area contributed by atoms with Crippen molar-refractivity contribution in [3.05, 3.63) is 77.5 Å². The number of hydrogen-bond acceptors (Lipinski definition) is 2. The van der Waals surface area contributed by atoms with Gasteiger partial charge in [-0.1, -0.05) is 30.3 Å². The van der Waals surface area contributed by atoms with Crippen molar-refractivity contribution in [3.8, 4) is 11.3 Å². The molecule has 0 spiro atoms. The van der Waals surface area contributed by atoms with Crippen molar-refractivity contribution in [1.29, 1.82) is 0 Å². The zero-order valence-corrected chi connectivity index (χ0v) is 11.2. The molecule has 0 unspecified atom stereocenters. The van der Waals surface area contributed by atoms with Gasteiger partial charge in [-0.25, -0.2) is 9.37 Å². The van der Waals surface area contributed by atoms with E-state index in [0.29, 0.717) is 5.56 Å². The zero-order valence-electron chi connectivity index (χ0n) is 11.2. The SMILES string of the molecule is OCc1cc(F)cc([C@H]2c3ccccc3-c3cncn32)c1. The van der Waals surface area contributed by atoms with Gasteiger partial charge in [0.25, 0.3) is 0 Å². The lowest BCUT2D eigenvalue weighted by atomic mass is 9.96. The molecule has 0 bridgehead atoms. The number of aromatic nitrogens is 2. The number of hydrogen-bond donors (Lipinski definition) is 1. The highest BCUT2D eigenvalue weighted by molar-refractivity contribution is 5.70. The third-order valence-electron chi connectivity index (χ3n) is 3.95. The molecule has 104 valence electrons. The van der Waals surface area contributed by atoms with E-state index < -0.39 is 0 Å². The number of benzene rings is 2. The Morgan fingerprint density at radius 3 is 2.90 bits per heavy atom. The minimum Gasteiger partial charge on any atom is -0.392 e. The van der Waals surface area contributed by atoms with Crippen LogP contribution in [0.2, 0.25) is 0 Å². The van der Waals surface area contributed by atoms with Gasteiger partial charge in [0.1, 0.15) is 5.82 Å². The highest BCUT2D eigenvalue weighted by Crippen LogP contribution is 2.42. The van der Waals surface area contributed by atoms with E-state index in [2.05, 4.69) is 17.1 Å². The summed E-state index contributed by atoms with van der Waals surface area (Å²) in [5.41, 5.74) is 4.68. The van der Waals surface area contributed by atoms with Crippen LogP contribution in [0, 0.1) is 5.82 Å². The molecule has 0 saturated carbocycles. The monoisotopic (exact) mass is 280 g/mol. The van der Waals surface area contributed by atoms with Gasteiger partial charge in [-0.3, -0.25) is 0 Å². The average Bonchev–Trinajstić information content (AvgIpc) is 3.06. The second-order valence-electron chi connectivity index (χ2n) is 5.23. The van der Waals surface area contributed by atoms with Crippen molar-refractivity contribution in [2.24, 2.45) is 0 Å². The van der Waals surface area contributed by atoms with Crippen LogP contribution in [0.1, 0.15) is 22.7 Å². The average molecular weight is 280 g/mol. The van der Waals surface area contributed by atoms with E-state index in [0.717, 1.165) is 22.4 Å². The minimum atomic E-state index is -0.331. The Morgan fingerprint density at radius 1 is 1.19 bits per heavy atom. The number of aliphatic hydroxyl groups excluding tert-OH is 1. The number of halogens is 1. The smallest absolute Gasteiger partial charge is 0.123 e. The lowest BCUT2D eigenvalue weighted by Gasteiger charge is -2.16. The van der Waals surface area contributed by atoms with Crippen LogP contribution in [0.25, 0.3) is 11.3 Å². The Hall–Kier alpha value is -2.46. The minimum absolute atomic E-state index is 0.0975. The molecule has 0 aliphatic carbocycles. The summed E-state index contributed by atoms with van der Waals surface area (Å²) in [6.07, 6.45) is 3.59. The highest BCUT2D eigenvalue weighted by Gasteiger charge is 2.29. The van der Waals surface area contributed by atoms with Gasteiger partial charge < -0.3 is 9.67 Å². The van der Waals surface area contributed by atoms with E-state index >= 15 is 0 Å². The summed E-state index contributed by atoms with van der Waals surface area (Å²) in [6, 6.07) is 12.7. The van der Waals surface area contributed by atoms with E-state index in [9.17, 15) is 9.50 Å². The van der Waals surface area contributed by atoms with Crippen molar-refractivity contribution >= 4 is 0 Å². The molecule has 0 fully saturated rings. The molecular formula is C17H13FN2O. The van der Waals surface area contributed by atoms with Crippen molar-refractivity contribution in [2.75, 3.05) is 0 Å². The fourth-order valence-electron chi connectivity index (χ4n) is 3.10. The zero-order chi connectivity index (χ0) is 14.4. The molecule has 2 aromatic carbocycles. The molecular weight excluding hydrogens is 267 g/mol. The Labute approximate surface area is 121 Å². The van der Waals surface area contributed by atoms with Crippen molar-refractivity contribution in [3.63, 3.8) is 0 Å². The molecule has 21 heavy (non-hydrogen) atoms. The first-order valence-electron chi connectivity index (χ1n) is 6.79. The lowest BCUT2D eigenvalue weighted by molar-refractivity contribution is 0.281. The van der Waals surface area contributed by atoms with E-state index in [-0.39, 0.29) is 18.5 Å². The topological polar surface area (TPSA) is 38.1 Å².